The van der Waals surface area contributed by atoms with Gasteiger partial charge in [-0.05, 0) is 40.2 Å². The van der Waals surface area contributed by atoms with E-state index in [9.17, 15) is 0 Å². The van der Waals surface area contributed by atoms with Crippen LogP contribution in [0.15, 0.2) is 0 Å². The number of aryl methyl sites for hydroxylation is 3. The number of hydrogen-bond acceptors (Lipinski definition) is 3. The highest BCUT2D eigenvalue weighted by Gasteiger charge is 2.05. The van der Waals surface area contributed by atoms with E-state index in [2.05, 4.69) is 29.2 Å². The van der Waals surface area contributed by atoms with Crippen molar-refractivity contribution in [3.8, 4) is 0 Å². The van der Waals surface area contributed by atoms with Gasteiger partial charge in [-0.15, -0.1) is 0 Å². The summed E-state index contributed by atoms with van der Waals surface area (Å²) in [4.78, 5) is 4.28. The molecule has 1 N–H and O–H groups in total. The molecule has 0 aliphatic carbocycles. The second kappa shape index (κ2) is 5.85. The Bertz CT molecular complexity index is 293. The van der Waals surface area contributed by atoms with Crippen molar-refractivity contribution < 1.29 is 0 Å². The van der Waals surface area contributed by atoms with Crippen LogP contribution in [-0.2, 0) is 6.54 Å². The lowest BCUT2D eigenvalue weighted by molar-refractivity contribution is 0.453. The maximum absolute atomic E-state index is 4.34. The van der Waals surface area contributed by atoms with Crippen LogP contribution in [0.1, 0.15) is 38.3 Å². The average Bonchev–Trinajstić information content (AvgIpc) is 2.51. The minimum absolute atomic E-state index is 0.550. The van der Waals surface area contributed by atoms with Crippen molar-refractivity contribution in [2.24, 2.45) is 0 Å². The van der Waals surface area contributed by atoms with E-state index in [0.29, 0.717) is 6.04 Å². The van der Waals surface area contributed by atoms with E-state index < -0.39 is 0 Å². The third-order valence-electron chi connectivity index (χ3n) is 2.48. The Labute approximate surface area is 92.1 Å². The van der Waals surface area contributed by atoms with Gasteiger partial charge in [-0.1, -0.05) is 6.92 Å². The molecule has 0 fully saturated rings. The van der Waals surface area contributed by atoms with Crippen molar-refractivity contribution >= 4 is 0 Å². The molecule has 0 radical (unpaired) electrons. The normalized spacial score (nSPS) is 13.1. The summed E-state index contributed by atoms with van der Waals surface area (Å²) in [5, 5.41) is 7.81. The molecule has 0 saturated carbocycles. The molecule has 0 amide bonds. The van der Waals surface area contributed by atoms with Crippen LogP contribution in [0.2, 0.25) is 0 Å². The van der Waals surface area contributed by atoms with Gasteiger partial charge in [0.1, 0.15) is 11.6 Å². The van der Waals surface area contributed by atoms with E-state index in [-0.39, 0.29) is 0 Å². The van der Waals surface area contributed by atoms with Crippen LogP contribution in [0.5, 0.6) is 0 Å². The second-order valence-electron chi connectivity index (χ2n) is 4.07. The predicted molar refractivity (Wildman–Crippen MR) is 61.9 cm³/mol. The minimum atomic E-state index is 0.550. The van der Waals surface area contributed by atoms with Gasteiger partial charge >= 0.3 is 0 Å². The fourth-order valence-electron chi connectivity index (χ4n) is 1.58. The third-order valence-corrected chi connectivity index (χ3v) is 2.48. The highest BCUT2D eigenvalue weighted by Crippen LogP contribution is 2.00. The molecule has 4 nitrogen and oxygen atoms in total. The first-order valence-electron chi connectivity index (χ1n) is 5.75. The zero-order chi connectivity index (χ0) is 11.3. The summed E-state index contributed by atoms with van der Waals surface area (Å²) in [6.45, 7) is 10.4. The Morgan fingerprint density at radius 3 is 2.67 bits per heavy atom. The molecular formula is C11H22N4. The number of aromatic nitrogens is 3. The summed E-state index contributed by atoms with van der Waals surface area (Å²) in [7, 11) is 0. The van der Waals surface area contributed by atoms with Crippen LogP contribution < -0.4 is 5.32 Å². The summed E-state index contributed by atoms with van der Waals surface area (Å²) >= 11 is 0. The van der Waals surface area contributed by atoms with Crippen molar-refractivity contribution in [3.63, 3.8) is 0 Å². The number of nitrogens with zero attached hydrogens (tertiary/aromatic N) is 3. The minimum Gasteiger partial charge on any atom is -0.314 e. The van der Waals surface area contributed by atoms with Gasteiger partial charge in [-0.2, -0.15) is 5.10 Å². The van der Waals surface area contributed by atoms with Crippen LogP contribution in [0, 0.1) is 13.8 Å². The van der Waals surface area contributed by atoms with Gasteiger partial charge in [0, 0.05) is 12.6 Å². The predicted octanol–water partition coefficient (Wildman–Crippen LogP) is 1.67. The molecule has 1 rings (SSSR count). The first kappa shape index (κ1) is 12.2. The molecule has 1 aromatic rings. The topological polar surface area (TPSA) is 42.7 Å². The van der Waals surface area contributed by atoms with Gasteiger partial charge in [-0.3, -0.25) is 4.68 Å². The molecule has 86 valence electrons. The molecule has 1 atom stereocenters. The molecule has 1 aromatic heterocycles. The maximum atomic E-state index is 4.34. The number of hydrogen-bond donors (Lipinski definition) is 1. The fraction of sp³-hybridized carbons (Fsp3) is 0.818. The van der Waals surface area contributed by atoms with E-state index in [1.165, 1.54) is 6.42 Å². The Morgan fingerprint density at radius 2 is 2.13 bits per heavy atom. The largest absolute Gasteiger partial charge is 0.314 e. The van der Waals surface area contributed by atoms with Crippen LogP contribution >= 0.6 is 0 Å². The quantitative estimate of drug-likeness (QED) is 0.776. The summed E-state index contributed by atoms with van der Waals surface area (Å²) in [6.07, 6.45) is 2.29. The second-order valence-corrected chi connectivity index (χ2v) is 4.07. The highest BCUT2D eigenvalue weighted by molar-refractivity contribution is 4.87. The smallest absolute Gasteiger partial charge is 0.147 e. The zero-order valence-corrected chi connectivity index (χ0v) is 10.2. The SMILES string of the molecule is CCCNC(C)CCn1nc(C)nc1C. The number of nitrogens with one attached hydrogen (secondary N) is 1. The summed E-state index contributed by atoms with van der Waals surface area (Å²) in [5.74, 6) is 1.87. The van der Waals surface area contributed by atoms with Gasteiger partial charge in [-0.25, -0.2) is 4.98 Å². The fourth-order valence-corrected chi connectivity index (χ4v) is 1.58. The van der Waals surface area contributed by atoms with Crippen molar-refractivity contribution in [3.05, 3.63) is 11.6 Å². The Kier molecular flexibility index (Phi) is 4.75. The molecule has 0 aromatic carbocycles. The third kappa shape index (κ3) is 4.00. The van der Waals surface area contributed by atoms with Crippen LogP contribution in [0.3, 0.4) is 0 Å². The van der Waals surface area contributed by atoms with Gasteiger partial charge in [0.2, 0.25) is 0 Å². The van der Waals surface area contributed by atoms with Crippen LogP contribution in [0.4, 0.5) is 0 Å². The zero-order valence-electron chi connectivity index (χ0n) is 10.2. The van der Waals surface area contributed by atoms with E-state index in [4.69, 9.17) is 0 Å². The molecule has 0 bridgehead atoms. The molecule has 0 spiro atoms. The number of rotatable bonds is 6. The van der Waals surface area contributed by atoms with Crippen molar-refractivity contribution in [1.82, 2.24) is 20.1 Å². The summed E-state index contributed by atoms with van der Waals surface area (Å²) in [6, 6.07) is 0.550. The lowest BCUT2D eigenvalue weighted by Gasteiger charge is -2.13. The van der Waals surface area contributed by atoms with Crippen molar-refractivity contribution in [2.75, 3.05) is 6.54 Å². The van der Waals surface area contributed by atoms with Gasteiger partial charge in [0.15, 0.2) is 0 Å². The van der Waals surface area contributed by atoms with E-state index in [1.54, 1.807) is 0 Å². The van der Waals surface area contributed by atoms with Gasteiger partial charge in [0.05, 0.1) is 0 Å². The van der Waals surface area contributed by atoms with Gasteiger partial charge in [0.25, 0.3) is 0 Å². The molecule has 1 unspecified atom stereocenters. The van der Waals surface area contributed by atoms with Crippen LogP contribution in [0.25, 0.3) is 0 Å². The van der Waals surface area contributed by atoms with Crippen LogP contribution in [-0.4, -0.2) is 27.4 Å². The van der Waals surface area contributed by atoms with E-state index >= 15 is 0 Å². The van der Waals surface area contributed by atoms with Crippen molar-refractivity contribution in [2.45, 2.75) is 53.1 Å². The summed E-state index contributed by atoms with van der Waals surface area (Å²) in [5.41, 5.74) is 0. The van der Waals surface area contributed by atoms with E-state index in [0.717, 1.165) is 31.2 Å². The van der Waals surface area contributed by atoms with Gasteiger partial charge < -0.3 is 5.32 Å². The maximum Gasteiger partial charge on any atom is 0.147 e. The first-order valence-corrected chi connectivity index (χ1v) is 5.75. The molecule has 0 aliphatic rings. The lowest BCUT2D eigenvalue weighted by Crippen LogP contribution is -2.28. The molecule has 4 heteroatoms. The molecule has 0 saturated heterocycles. The standard InChI is InChI=1S/C11H22N4/c1-5-7-12-9(2)6-8-15-11(4)13-10(3)14-15/h9,12H,5-8H2,1-4H3. The molecule has 0 aliphatic heterocycles. The lowest BCUT2D eigenvalue weighted by atomic mass is 10.2. The first-order chi connectivity index (χ1) is 7.13. The van der Waals surface area contributed by atoms with Crippen molar-refractivity contribution in [1.29, 1.82) is 0 Å². The molecule has 1 heterocycles. The Hall–Kier alpha value is -0.900. The summed E-state index contributed by atoms with van der Waals surface area (Å²) < 4.78 is 1.99. The highest BCUT2D eigenvalue weighted by atomic mass is 15.3. The average molecular weight is 210 g/mol. The molecule has 15 heavy (non-hydrogen) atoms. The molecular weight excluding hydrogens is 188 g/mol. The van der Waals surface area contributed by atoms with E-state index in [1.807, 2.05) is 18.5 Å². The Balaban J connectivity index is 2.33. The Morgan fingerprint density at radius 1 is 1.40 bits per heavy atom. The monoisotopic (exact) mass is 210 g/mol.